The summed E-state index contributed by atoms with van der Waals surface area (Å²) in [6, 6.07) is 15.5. The molecule has 0 bridgehead atoms. The topological polar surface area (TPSA) is 55.6 Å². The first-order chi connectivity index (χ1) is 11.6. The molecule has 5 nitrogen and oxygen atoms in total. The van der Waals surface area contributed by atoms with Gasteiger partial charge in [-0.3, -0.25) is 10.1 Å². The summed E-state index contributed by atoms with van der Waals surface area (Å²) in [6.45, 7) is 5.98. The number of rotatable bonds is 8. The minimum Gasteiger partial charge on any atom is -0.497 e. The second-order valence-corrected chi connectivity index (χ2v) is 5.60. The SMILES string of the molecule is CCN(CC)c1ccc(C(C[N+](=O)[O-])c2ccc(OC)cc2)cc1. The van der Waals surface area contributed by atoms with Crippen molar-refractivity contribution in [2.24, 2.45) is 0 Å². The van der Waals surface area contributed by atoms with E-state index in [1.807, 2.05) is 48.5 Å². The van der Waals surface area contributed by atoms with Crippen LogP contribution in [0, 0.1) is 10.1 Å². The Bertz CT molecular complexity index is 649. The fourth-order valence-corrected chi connectivity index (χ4v) is 2.89. The first-order valence-electron chi connectivity index (χ1n) is 8.19. The number of hydrogen-bond acceptors (Lipinski definition) is 4. The van der Waals surface area contributed by atoms with Crippen LogP contribution in [0.15, 0.2) is 48.5 Å². The molecule has 0 aliphatic carbocycles. The van der Waals surface area contributed by atoms with Crippen molar-refractivity contribution in [3.05, 3.63) is 69.8 Å². The second-order valence-electron chi connectivity index (χ2n) is 5.60. The Hall–Kier alpha value is -2.56. The highest BCUT2D eigenvalue weighted by atomic mass is 16.6. The number of benzene rings is 2. The van der Waals surface area contributed by atoms with Crippen LogP contribution in [0.1, 0.15) is 30.9 Å². The van der Waals surface area contributed by atoms with Crippen LogP contribution in [0.5, 0.6) is 5.75 Å². The van der Waals surface area contributed by atoms with Gasteiger partial charge in [0.2, 0.25) is 6.54 Å². The molecule has 0 aliphatic heterocycles. The van der Waals surface area contributed by atoms with Crippen LogP contribution in [-0.4, -0.2) is 31.7 Å². The van der Waals surface area contributed by atoms with Crippen LogP contribution in [0.2, 0.25) is 0 Å². The van der Waals surface area contributed by atoms with Gasteiger partial charge in [0.15, 0.2) is 0 Å². The van der Waals surface area contributed by atoms with Crippen molar-refractivity contribution in [1.82, 2.24) is 0 Å². The summed E-state index contributed by atoms with van der Waals surface area (Å²) in [5.41, 5.74) is 3.01. The van der Waals surface area contributed by atoms with Crippen molar-refractivity contribution < 1.29 is 9.66 Å². The van der Waals surface area contributed by atoms with Gasteiger partial charge in [0.25, 0.3) is 0 Å². The average Bonchev–Trinajstić information content (AvgIpc) is 2.61. The third-order valence-electron chi connectivity index (χ3n) is 4.27. The Morgan fingerprint density at radius 1 is 1.00 bits per heavy atom. The molecule has 0 saturated carbocycles. The molecule has 2 aromatic rings. The zero-order chi connectivity index (χ0) is 17.5. The summed E-state index contributed by atoms with van der Waals surface area (Å²) in [7, 11) is 1.61. The van der Waals surface area contributed by atoms with E-state index in [4.69, 9.17) is 4.74 Å². The standard InChI is InChI=1S/C19H24N2O3/c1-4-20(5-2)17-10-6-15(7-11-17)19(14-21(22)23)16-8-12-18(24-3)13-9-16/h6-13,19H,4-5,14H2,1-3H3. The minimum absolute atomic E-state index is 0.128. The monoisotopic (exact) mass is 328 g/mol. The maximum Gasteiger partial charge on any atom is 0.214 e. The summed E-state index contributed by atoms with van der Waals surface area (Å²) in [6.07, 6.45) is 0. The maximum atomic E-state index is 11.1. The van der Waals surface area contributed by atoms with Crippen LogP contribution >= 0.6 is 0 Å². The zero-order valence-electron chi connectivity index (χ0n) is 14.4. The number of anilines is 1. The van der Waals surface area contributed by atoms with Crippen molar-refractivity contribution in [2.45, 2.75) is 19.8 Å². The molecule has 1 unspecified atom stereocenters. The van der Waals surface area contributed by atoms with Crippen molar-refractivity contribution in [3.8, 4) is 5.75 Å². The highest BCUT2D eigenvalue weighted by Gasteiger charge is 2.20. The first-order valence-corrected chi connectivity index (χ1v) is 8.19. The van der Waals surface area contributed by atoms with Gasteiger partial charge < -0.3 is 9.64 Å². The van der Waals surface area contributed by atoms with E-state index in [-0.39, 0.29) is 17.4 Å². The molecule has 0 amide bonds. The van der Waals surface area contributed by atoms with E-state index in [2.05, 4.69) is 18.7 Å². The number of nitro groups is 1. The predicted molar refractivity (Wildman–Crippen MR) is 96.7 cm³/mol. The smallest absolute Gasteiger partial charge is 0.214 e. The zero-order valence-corrected chi connectivity index (χ0v) is 14.4. The molecule has 24 heavy (non-hydrogen) atoms. The number of methoxy groups -OCH3 is 1. The summed E-state index contributed by atoms with van der Waals surface area (Å²) in [4.78, 5) is 13.1. The quantitative estimate of drug-likeness (QED) is 0.544. The van der Waals surface area contributed by atoms with Gasteiger partial charge in [-0.15, -0.1) is 0 Å². The molecule has 0 N–H and O–H groups in total. The predicted octanol–water partition coefficient (Wildman–Crippen LogP) is 3.95. The lowest BCUT2D eigenvalue weighted by Gasteiger charge is -2.22. The summed E-state index contributed by atoms with van der Waals surface area (Å²) < 4.78 is 5.16. The maximum absolute atomic E-state index is 11.1. The van der Waals surface area contributed by atoms with Crippen LogP contribution < -0.4 is 9.64 Å². The molecule has 0 aromatic heterocycles. The summed E-state index contributed by atoms with van der Waals surface area (Å²) in [5, 5.41) is 11.1. The van der Waals surface area contributed by atoms with Gasteiger partial charge in [0, 0.05) is 23.7 Å². The Balaban J connectivity index is 2.31. The molecular weight excluding hydrogens is 304 g/mol. The number of ether oxygens (including phenoxy) is 1. The molecule has 1 atom stereocenters. The van der Waals surface area contributed by atoms with Crippen molar-refractivity contribution >= 4 is 5.69 Å². The van der Waals surface area contributed by atoms with E-state index in [9.17, 15) is 10.1 Å². The van der Waals surface area contributed by atoms with Gasteiger partial charge in [-0.05, 0) is 49.2 Å². The molecule has 2 rings (SSSR count). The van der Waals surface area contributed by atoms with Crippen molar-refractivity contribution in [3.63, 3.8) is 0 Å². The number of nitrogens with zero attached hydrogens (tertiary/aromatic N) is 2. The lowest BCUT2D eigenvalue weighted by molar-refractivity contribution is -0.481. The van der Waals surface area contributed by atoms with Gasteiger partial charge in [0.05, 0.1) is 13.0 Å². The highest BCUT2D eigenvalue weighted by molar-refractivity contribution is 5.49. The van der Waals surface area contributed by atoms with Gasteiger partial charge in [0.1, 0.15) is 5.75 Å². The van der Waals surface area contributed by atoms with Gasteiger partial charge >= 0.3 is 0 Å². The van der Waals surface area contributed by atoms with Crippen molar-refractivity contribution in [1.29, 1.82) is 0 Å². The van der Waals surface area contributed by atoms with Gasteiger partial charge in [-0.2, -0.15) is 0 Å². The molecule has 0 fully saturated rings. The lowest BCUT2D eigenvalue weighted by atomic mass is 9.91. The number of hydrogen-bond donors (Lipinski definition) is 0. The van der Waals surface area contributed by atoms with Crippen LogP contribution in [0.25, 0.3) is 0 Å². The highest BCUT2D eigenvalue weighted by Crippen LogP contribution is 2.28. The molecule has 2 aromatic carbocycles. The Morgan fingerprint density at radius 3 is 1.92 bits per heavy atom. The average molecular weight is 328 g/mol. The Kier molecular flexibility index (Phi) is 6.18. The molecule has 0 radical (unpaired) electrons. The van der Waals surface area contributed by atoms with E-state index < -0.39 is 0 Å². The molecule has 5 heteroatoms. The first kappa shape index (κ1) is 17.8. The second kappa shape index (κ2) is 8.34. The lowest BCUT2D eigenvalue weighted by Crippen LogP contribution is -2.21. The van der Waals surface area contributed by atoms with Gasteiger partial charge in [-0.25, -0.2) is 0 Å². The third kappa shape index (κ3) is 4.25. The van der Waals surface area contributed by atoms with E-state index in [0.717, 1.165) is 35.7 Å². The molecule has 0 heterocycles. The van der Waals surface area contributed by atoms with E-state index in [0.29, 0.717) is 0 Å². The van der Waals surface area contributed by atoms with E-state index in [1.54, 1.807) is 7.11 Å². The van der Waals surface area contributed by atoms with Crippen LogP contribution in [-0.2, 0) is 0 Å². The molecule has 0 saturated heterocycles. The van der Waals surface area contributed by atoms with Crippen LogP contribution in [0.4, 0.5) is 5.69 Å². The Labute approximate surface area is 143 Å². The normalized spacial score (nSPS) is 11.8. The molecule has 128 valence electrons. The summed E-state index contributed by atoms with van der Waals surface area (Å²) in [5.74, 6) is 0.479. The summed E-state index contributed by atoms with van der Waals surface area (Å²) >= 11 is 0. The fourth-order valence-electron chi connectivity index (χ4n) is 2.89. The minimum atomic E-state index is -0.267. The molecule has 0 spiro atoms. The van der Waals surface area contributed by atoms with Crippen molar-refractivity contribution in [2.75, 3.05) is 31.6 Å². The van der Waals surface area contributed by atoms with E-state index >= 15 is 0 Å². The third-order valence-corrected chi connectivity index (χ3v) is 4.27. The molecular formula is C19H24N2O3. The van der Waals surface area contributed by atoms with E-state index in [1.165, 1.54) is 0 Å². The van der Waals surface area contributed by atoms with Gasteiger partial charge in [-0.1, -0.05) is 24.3 Å². The Morgan fingerprint density at radius 2 is 1.50 bits per heavy atom. The fraction of sp³-hybridized carbons (Fsp3) is 0.368. The van der Waals surface area contributed by atoms with Crippen LogP contribution in [0.3, 0.4) is 0 Å². The molecule has 0 aliphatic rings. The largest absolute Gasteiger partial charge is 0.497 e.